The van der Waals surface area contributed by atoms with Gasteiger partial charge in [-0.25, -0.2) is 4.98 Å². The van der Waals surface area contributed by atoms with E-state index in [0.717, 1.165) is 22.3 Å². The highest BCUT2D eigenvalue weighted by Gasteiger charge is 2.32. The smallest absolute Gasteiger partial charge is 0.416 e. The van der Waals surface area contributed by atoms with E-state index in [-0.39, 0.29) is 17.9 Å². The van der Waals surface area contributed by atoms with Gasteiger partial charge in [0.25, 0.3) is 0 Å². The van der Waals surface area contributed by atoms with Crippen LogP contribution in [0.25, 0.3) is 10.2 Å². The molecule has 0 radical (unpaired) electrons. The van der Waals surface area contributed by atoms with Crippen molar-refractivity contribution in [1.29, 1.82) is 0 Å². The number of ether oxygens (including phenoxy) is 1. The molecule has 182 valence electrons. The molecule has 4 aromatic rings. The van der Waals surface area contributed by atoms with Crippen LogP contribution < -0.4 is 0 Å². The van der Waals surface area contributed by atoms with Crippen LogP contribution in [0.4, 0.5) is 13.2 Å². The Morgan fingerprint density at radius 2 is 2.00 bits per heavy atom. The summed E-state index contributed by atoms with van der Waals surface area (Å²) in [6.45, 7) is -0.358. The first kappa shape index (κ1) is 25.4. The molecule has 2 aromatic carbocycles. The molecule has 11 heteroatoms. The van der Waals surface area contributed by atoms with Crippen LogP contribution in [0, 0.1) is 5.92 Å². The molecule has 0 saturated heterocycles. The number of aliphatic hydroxyl groups is 1. The molecule has 0 fully saturated rings. The number of carbonyl (C=O) groups excluding carboxylic acids is 1. The molecule has 2 aromatic heterocycles. The average molecular weight is 539 g/mol. The topological polar surface area (TPSA) is 72.3 Å². The van der Waals surface area contributed by atoms with Crippen LogP contribution in [0.2, 0.25) is 5.02 Å². The molecule has 4 rings (SSSR count). The van der Waals surface area contributed by atoms with E-state index >= 15 is 0 Å². The summed E-state index contributed by atoms with van der Waals surface area (Å²) < 4.78 is 45.9. The van der Waals surface area contributed by atoms with Crippen LogP contribution in [0.1, 0.15) is 22.8 Å². The number of nitrogens with zero attached hydrogens (tertiary/aromatic N) is 2. The largest absolute Gasteiger partial charge is 0.460 e. The van der Waals surface area contributed by atoms with Crippen molar-refractivity contribution in [1.82, 2.24) is 9.97 Å². The molecule has 5 nitrogen and oxygen atoms in total. The maximum absolute atomic E-state index is 13.0. The predicted octanol–water partition coefficient (Wildman–Crippen LogP) is 6.55. The van der Waals surface area contributed by atoms with Gasteiger partial charge in [-0.15, -0.1) is 11.3 Å². The summed E-state index contributed by atoms with van der Waals surface area (Å²) in [4.78, 5) is 21.5. The first-order valence-corrected chi connectivity index (χ1v) is 12.5. The van der Waals surface area contributed by atoms with Crippen LogP contribution in [0.15, 0.2) is 71.3 Å². The number of fused-ring (bicyclic) bond motifs is 1. The second-order valence-corrected chi connectivity index (χ2v) is 10.3. The Morgan fingerprint density at radius 1 is 1.17 bits per heavy atom. The first-order valence-electron chi connectivity index (χ1n) is 10.3. The number of hydrogen-bond acceptors (Lipinski definition) is 7. The van der Waals surface area contributed by atoms with Gasteiger partial charge < -0.3 is 9.84 Å². The molecule has 0 amide bonds. The number of aromatic nitrogens is 2. The minimum Gasteiger partial charge on any atom is -0.460 e. The number of alkyl halides is 3. The van der Waals surface area contributed by atoms with E-state index < -0.39 is 29.7 Å². The standard InChI is InChI=1S/C24H18ClF3N2O3S2/c25-17-6-7-20-19(10-17)30-23(35-20)34-13-18(21(31)15-4-2-8-29-11-15)22(32)33-12-14-3-1-5-16(9-14)24(26,27)28/h1-11,18,21,31H,12-13H2. The van der Waals surface area contributed by atoms with Gasteiger partial charge in [0.1, 0.15) is 6.61 Å². The van der Waals surface area contributed by atoms with E-state index in [4.69, 9.17) is 16.3 Å². The number of carbonyl (C=O) groups is 1. The average Bonchev–Trinajstić information content (AvgIpc) is 3.25. The van der Waals surface area contributed by atoms with E-state index in [0.29, 0.717) is 14.9 Å². The van der Waals surface area contributed by atoms with Crippen molar-refractivity contribution in [3.63, 3.8) is 0 Å². The van der Waals surface area contributed by atoms with Crippen molar-refractivity contribution in [3.8, 4) is 0 Å². The van der Waals surface area contributed by atoms with E-state index in [1.54, 1.807) is 24.3 Å². The Balaban J connectivity index is 1.50. The van der Waals surface area contributed by atoms with Gasteiger partial charge in [-0.2, -0.15) is 13.2 Å². The summed E-state index contributed by atoms with van der Waals surface area (Å²) in [5.74, 6) is -1.62. The number of pyridine rings is 1. The Labute approximate surface area is 211 Å². The van der Waals surface area contributed by atoms with Crippen molar-refractivity contribution in [3.05, 3.63) is 88.7 Å². The third kappa shape index (κ3) is 6.52. The lowest BCUT2D eigenvalue weighted by atomic mass is 9.99. The number of rotatable bonds is 8. The van der Waals surface area contributed by atoms with E-state index in [1.807, 2.05) is 6.07 Å². The SMILES string of the molecule is O=C(OCc1cccc(C(F)(F)F)c1)C(CSc1nc2cc(Cl)ccc2s1)C(O)c1cccnc1. The summed E-state index contributed by atoms with van der Waals surface area (Å²) in [5.41, 5.74) is 0.509. The minimum absolute atomic E-state index is 0.130. The van der Waals surface area contributed by atoms with Crippen LogP contribution in [-0.2, 0) is 22.3 Å². The maximum atomic E-state index is 13.0. The molecule has 0 bridgehead atoms. The molecule has 2 unspecified atom stereocenters. The Kier molecular flexibility index (Phi) is 7.95. The summed E-state index contributed by atoms with van der Waals surface area (Å²) in [7, 11) is 0. The monoisotopic (exact) mass is 538 g/mol. The van der Waals surface area contributed by atoms with Gasteiger partial charge in [0.05, 0.1) is 27.8 Å². The van der Waals surface area contributed by atoms with Crippen LogP contribution in [0.3, 0.4) is 0 Å². The molecular formula is C24H18ClF3N2O3S2. The fourth-order valence-corrected chi connectivity index (χ4v) is 5.63. The molecule has 0 aliphatic carbocycles. The van der Waals surface area contributed by atoms with E-state index in [9.17, 15) is 23.1 Å². The number of thioether (sulfide) groups is 1. The van der Waals surface area contributed by atoms with Crippen molar-refractivity contribution in [2.24, 2.45) is 5.92 Å². The Hall–Kier alpha value is -2.66. The summed E-state index contributed by atoms with van der Waals surface area (Å²) in [5, 5.41) is 11.5. The molecular weight excluding hydrogens is 521 g/mol. The van der Waals surface area contributed by atoms with Gasteiger partial charge in [-0.1, -0.05) is 41.6 Å². The zero-order chi connectivity index (χ0) is 25.0. The highest BCUT2D eigenvalue weighted by atomic mass is 35.5. The van der Waals surface area contributed by atoms with Crippen LogP contribution in [-0.4, -0.2) is 26.8 Å². The number of benzene rings is 2. The van der Waals surface area contributed by atoms with Crippen molar-refractivity contribution in [2.75, 3.05) is 5.75 Å². The van der Waals surface area contributed by atoms with Crippen molar-refractivity contribution in [2.45, 2.75) is 23.2 Å². The maximum Gasteiger partial charge on any atom is 0.416 e. The zero-order valence-corrected chi connectivity index (χ0v) is 20.3. The third-order valence-electron chi connectivity index (χ3n) is 5.06. The fourth-order valence-electron chi connectivity index (χ4n) is 3.27. The lowest BCUT2D eigenvalue weighted by molar-refractivity contribution is -0.153. The van der Waals surface area contributed by atoms with E-state index in [2.05, 4.69) is 9.97 Å². The Bertz CT molecular complexity index is 1320. The Morgan fingerprint density at radius 3 is 2.74 bits per heavy atom. The quantitative estimate of drug-likeness (QED) is 0.203. The molecule has 35 heavy (non-hydrogen) atoms. The van der Waals surface area contributed by atoms with Crippen LogP contribution in [0.5, 0.6) is 0 Å². The summed E-state index contributed by atoms with van der Waals surface area (Å²) >= 11 is 8.72. The molecule has 0 spiro atoms. The number of thiazole rings is 1. The van der Waals surface area contributed by atoms with Gasteiger partial charge in [-0.05, 0) is 47.5 Å². The second kappa shape index (κ2) is 10.9. The fraction of sp³-hybridized carbons (Fsp3) is 0.208. The number of hydrogen-bond donors (Lipinski definition) is 1. The van der Waals surface area contributed by atoms with Gasteiger partial charge in [-0.3, -0.25) is 9.78 Å². The first-order chi connectivity index (χ1) is 16.7. The molecule has 0 aliphatic heterocycles. The number of aliphatic hydroxyl groups excluding tert-OH is 1. The van der Waals surface area contributed by atoms with Gasteiger partial charge >= 0.3 is 12.1 Å². The molecule has 1 N–H and O–H groups in total. The lowest BCUT2D eigenvalue weighted by Gasteiger charge is -2.21. The highest BCUT2D eigenvalue weighted by molar-refractivity contribution is 8.01. The van der Waals surface area contributed by atoms with Crippen molar-refractivity contribution >= 4 is 50.9 Å². The normalized spacial score (nSPS) is 13.5. The molecule has 2 heterocycles. The third-order valence-corrected chi connectivity index (χ3v) is 7.60. The molecule has 2 atom stereocenters. The second-order valence-electron chi connectivity index (χ2n) is 7.55. The van der Waals surface area contributed by atoms with Gasteiger partial charge in [0, 0.05) is 23.2 Å². The number of halogens is 4. The zero-order valence-electron chi connectivity index (χ0n) is 17.9. The number of esters is 1. The minimum atomic E-state index is -4.50. The lowest BCUT2D eigenvalue weighted by Crippen LogP contribution is -2.27. The van der Waals surface area contributed by atoms with Crippen molar-refractivity contribution < 1.29 is 27.8 Å². The van der Waals surface area contributed by atoms with Gasteiger partial charge in [0.2, 0.25) is 0 Å². The van der Waals surface area contributed by atoms with E-state index in [1.165, 1.54) is 47.6 Å². The summed E-state index contributed by atoms with van der Waals surface area (Å²) in [6, 6.07) is 13.2. The highest BCUT2D eigenvalue weighted by Crippen LogP contribution is 2.35. The van der Waals surface area contributed by atoms with Gasteiger partial charge in [0.15, 0.2) is 4.34 Å². The predicted molar refractivity (Wildman–Crippen MR) is 129 cm³/mol. The summed E-state index contributed by atoms with van der Waals surface area (Å²) in [6.07, 6.45) is -2.74. The molecule has 0 saturated carbocycles. The molecule has 0 aliphatic rings. The van der Waals surface area contributed by atoms with Crippen LogP contribution >= 0.6 is 34.7 Å².